The SMILES string of the molecule is CCNC(=S)N/N=C\c1ccccc1OCC(=O)[O-]. The molecular formula is C12H14N3O3S-. The highest BCUT2D eigenvalue weighted by Crippen LogP contribution is 2.15. The average molecular weight is 280 g/mol. The third-order valence-electron chi connectivity index (χ3n) is 1.97. The summed E-state index contributed by atoms with van der Waals surface area (Å²) < 4.78 is 5.07. The van der Waals surface area contributed by atoms with Gasteiger partial charge in [0.05, 0.1) is 12.2 Å². The van der Waals surface area contributed by atoms with E-state index in [1.807, 2.05) is 6.92 Å². The zero-order valence-corrected chi connectivity index (χ0v) is 11.2. The lowest BCUT2D eigenvalue weighted by Gasteiger charge is -2.09. The Balaban J connectivity index is 2.64. The van der Waals surface area contributed by atoms with Crippen molar-refractivity contribution in [3.63, 3.8) is 0 Å². The van der Waals surface area contributed by atoms with E-state index in [1.165, 1.54) is 6.21 Å². The summed E-state index contributed by atoms with van der Waals surface area (Å²) in [7, 11) is 0. The summed E-state index contributed by atoms with van der Waals surface area (Å²) in [5.74, 6) is -0.871. The second-order valence-corrected chi connectivity index (χ2v) is 3.84. The molecule has 0 spiro atoms. The van der Waals surface area contributed by atoms with Crippen LogP contribution >= 0.6 is 12.2 Å². The third kappa shape index (κ3) is 5.82. The van der Waals surface area contributed by atoms with E-state index in [1.54, 1.807) is 24.3 Å². The van der Waals surface area contributed by atoms with Crippen LogP contribution in [0, 0.1) is 0 Å². The molecule has 0 saturated heterocycles. The van der Waals surface area contributed by atoms with Crippen molar-refractivity contribution < 1.29 is 14.6 Å². The van der Waals surface area contributed by atoms with Gasteiger partial charge in [-0.1, -0.05) is 12.1 Å². The number of carbonyl (C=O) groups excluding carboxylic acids is 1. The summed E-state index contributed by atoms with van der Waals surface area (Å²) in [6, 6.07) is 6.91. The molecule has 1 aromatic rings. The number of benzene rings is 1. The summed E-state index contributed by atoms with van der Waals surface area (Å²) >= 11 is 4.93. The molecule has 0 aliphatic rings. The normalized spacial score (nSPS) is 10.2. The summed E-state index contributed by atoms with van der Waals surface area (Å²) in [4.78, 5) is 10.4. The van der Waals surface area contributed by atoms with Crippen LogP contribution in [0.25, 0.3) is 0 Å². The number of hydrazone groups is 1. The quantitative estimate of drug-likeness (QED) is 0.420. The Morgan fingerprint density at radius 3 is 2.95 bits per heavy atom. The molecule has 1 aromatic carbocycles. The fraction of sp³-hybridized carbons (Fsp3) is 0.250. The van der Waals surface area contributed by atoms with Crippen molar-refractivity contribution in [2.24, 2.45) is 5.10 Å². The second kappa shape index (κ2) is 8.04. The monoisotopic (exact) mass is 280 g/mol. The standard InChI is InChI=1S/C12H15N3O3S/c1-2-13-12(19)15-14-7-9-5-3-4-6-10(9)18-8-11(16)17/h3-7H,2,8H2,1H3,(H,16,17)(H2,13,15,19)/p-1/b14-7-. The van der Waals surface area contributed by atoms with Gasteiger partial charge in [0.15, 0.2) is 5.11 Å². The van der Waals surface area contributed by atoms with Gasteiger partial charge in [-0.2, -0.15) is 5.10 Å². The highest BCUT2D eigenvalue weighted by Gasteiger charge is 2.00. The predicted octanol–water partition coefficient (Wildman–Crippen LogP) is -0.367. The first-order valence-electron chi connectivity index (χ1n) is 5.62. The lowest BCUT2D eigenvalue weighted by molar-refractivity contribution is -0.307. The zero-order valence-electron chi connectivity index (χ0n) is 10.4. The molecule has 0 aliphatic carbocycles. The third-order valence-corrected chi connectivity index (χ3v) is 2.21. The first kappa shape index (κ1) is 14.9. The fourth-order valence-corrected chi connectivity index (χ4v) is 1.41. The Morgan fingerprint density at radius 1 is 1.53 bits per heavy atom. The van der Waals surface area contributed by atoms with E-state index in [2.05, 4.69) is 15.8 Å². The van der Waals surface area contributed by atoms with E-state index in [-0.39, 0.29) is 0 Å². The molecule has 2 N–H and O–H groups in total. The lowest BCUT2D eigenvalue weighted by atomic mass is 10.2. The molecule has 0 aromatic heterocycles. The van der Waals surface area contributed by atoms with Crippen LogP contribution < -0.4 is 20.6 Å². The maximum Gasteiger partial charge on any atom is 0.186 e. The van der Waals surface area contributed by atoms with Crippen molar-refractivity contribution in [2.75, 3.05) is 13.2 Å². The molecule has 19 heavy (non-hydrogen) atoms. The maximum absolute atomic E-state index is 10.4. The summed E-state index contributed by atoms with van der Waals surface area (Å²) in [5.41, 5.74) is 3.26. The van der Waals surface area contributed by atoms with Gasteiger partial charge in [0, 0.05) is 12.1 Å². The number of para-hydroxylation sites is 1. The number of carboxylic acid groups (broad SMARTS) is 1. The zero-order chi connectivity index (χ0) is 14.1. The Hall–Kier alpha value is -2.15. The Labute approximate surface area is 116 Å². The molecule has 6 nitrogen and oxygen atoms in total. The molecule has 0 unspecified atom stereocenters. The smallest absolute Gasteiger partial charge is 0.186 e. The number of thiocarbonyl (C=S) groups is 1. The molecule has 0 saturated carbocycles. The van der Waals surface area contributed by atoms with Crippen molar-refractivity contribution in [2.45, 2.75) is 6.92 Å². The number of hydrogen-bond donors (Lipinski definition) is 2. The Morgan fingerprint density at radius 2 is 2.26 bits per heavy atom. The molecule has 0 heterocycles. The van der Waals surface area contributed by atoms with Crippen LogP contribution in [0.3, 0.4) is 0 Å². The van der Waals surface area contributed by atoms with Gasteiger partial charge < -0.3 is 20.0 Å². The van der Waals surface area contributed by atoms with E-state index in [4.69, 9.17) is 17.0 Å². The topological polar surface area (TPSA) is 85.8 Å². The molecular weight excluding hydrogens is 266 g/mol. The molecule has 0 bridgehead atoms. The Bertz CT molecular complexity index is 477. The van der Waals surface area contributed by atoms with E-state index in [0.29, 0.717) is 23.0 Å². The second-order valence-electron chi connectivity index (χ2n) is 3.43. The predicted molar refractivity (Wildman–Crippen MR) is 73.9 cm³/mol. The van der Waals surface area contributed by atoms with Crippen LogP contribution in [0.2, 0.25) is 0 Å². The van der Waals surface area contributed by atoms with Gasteiger partial charge in [0.25, 0.3) is 0 Å². The molecule has 0 fully saturated rings. The summed E-state index contributed by atoms with van der Waals surface area (Å²) in [5, 5.41) is 17.6. The van der Waals surface area contributed by atoms with Gasteiger partial charge in [-0.15, -0.1) is 0 Å². The first-order valence-corrected chi connectivity index (χ1v) is 6.03. The number of nitrogens with zero attached hydrogens (tertiary/aromatic N) is 1. The summed E-state index contributed by atoms with van der Waals surface area (Å²) in [6.07, 6.45) is 1.49. The van der Waals surface area contributed by atoms with Gasteiger partial charge in [-0.3, -0.25) is 5.43 Å². The minimum Gasteiger partial charge on any atom is -0.546 e. The molecule has 0 aliphatic heterocycles. The number of aliphatic carboxylic acids is 1. The van der Waals surface area contributed by atoms with E-state index < -0.39 is 12.6 Å². The molecule has 0 radical (unpaired) electrons. The largest absolute Gasteiger partial charge is 0.546 e. The van der Waals surface area contributed by atoms with Crippen molar-refractivity contribution in [1.29, 1.82) is 0 Å². The molecule has 0 amide bonds. The van der Waals surface area contributed by atoms with Crippen LogP contribution in [0.15, 0.2) is 29.4 Å². The number of hydrogen-bond acceptors (Lipinski definition) is 5. The number of carboxylic acids is 1. The van der Waals surface area contributed by atoms with E-state index >= 15 is 0 Å². The van der Waals surface area contributed by atoms with Crippen molar-refractivity contribution in [3.8, 4) is 5.75 Å². The van der Waals surface area contributed by atoms with Gasteiger partial charge in [-0.05, 0) is 31.3 Å². The number of rotatable bonds is 6. The van der Waals surface area contributed by atoms with E-state index in [9.17, 15) is 9.90 Å². The summed E-state index contributed by atoms with van der Waals surface area (Å²) in [6.45, 7) is 2.11. The lowest BCUT2D eigenvalue weighted by Crippen LogP contribution is -2.31. The molecule has 7 heteroatoms. The Kier molecular flexibility index (Phi) is 6.31. The van der Waals surface area contributed by atoms with Gasteiger partial charge in [0.1, 0.15) is 12.4 Å². The van der Waals surface area contributed by atoms with Crippen LogP contribution in [-0.2, 0) is 4.79 Å². The maximum atomic E-state index is 10.4. The minimum absolute atomic E-state index is 0.409. The molecule has 1 rings (SSSR count). The van der Waals surface area contributed by atoms with Gasteiger partial charge in [-0.25, -0.2) is 0 Å². The molecule has 0 atom stereocenters. The van der Waals surface area contributed by atoms with Gasteiger partial charge >= 0.3 is 0 Å². The fourth-order valence-electron chi connectivity index (χ4n) is 1.22. The van der Waals surface area contributed by atoms with E-state index in [0.717, 1.165) is 0 Å². The number of nitrogens with one attached hydrogen (secondary N) is 2. The number of ether oxygens (including phenoxy) is 1. The van der Waals surface area contributed by atoms with Crippen LogP contribution in [-0.4, -0.2) is 30.4 Å². The van der Waals surface area contributed by atoms with Gasteiger partial charge in [0.2, 0.25) is 0 Å². The highest BCUT2D eigenvalue weighted by atomic mass is 32.1. The number of carbonyl (C=O) groups is 1. The van der Waals surface area contributed by atoms with Crippen molar-refractivity contribution >= 4 is 29.5 Å². The van der Waals surface area contributed by atoms with Crippen LogP contribution in [0.5, 0.6) is 5.75 Å². The average Bonchev–Trinajstić information content (AvgIpc) is 2.38. The van der Waals surface area contributed by atoms with Crippen molar-refractivity contribution in [1.82, 2.24) is 10.7 Å². The van der Waals surface area contributed by atoms with Crippen molar-refractivity contribution in [3.05, 3.63) is 29.8 Å². The minimum atomic E-state index is -1.28. The van der Waals surface area contributed by atoms with Crippen LogP contribution in [0.1, 0.15) is 12.5 Å². The molecule has 102 valence electrons. The van der Waals surface area contributed by atoms with Crippen LogP contribution in [0.4, 0.5) is 0 Å². The first-order chi connectivity index (χ1) is 9.13. The highest BCUT2D eigenvalue weighted by molar-refractivity contribution is 7.80.